The van der Waals surface area contributed by atoms with Crippen molar-refractivity contribution in [1.29, 1.82) is 0 Å². The average molecular weight is 260 g/mol. The number of rotatable bonds is 5. The third kappa shape index (κ3) is 2.28. The first-order valence-corrected chi connectivity index (χ1v) is 5.62. The van der Waals surface area contributed by atoms with Crippen molar-refractivity contribution < 1.29 is 0 Å². The molecule has 0 aliphatic heterocycles. The molecular weight excluding hydrogens is 248 g/mol. The molecule has 0 aromatic carbocycles. The van der Waals surface area contributed by atoms with E-state index < -0.39 is 0 Å². The van der Waals surface area contributed by atoms with Crippen LogP contribution in [0, 0.1) is 0 Å². The highest BCUT2D eigenvalue weighted by Crippen LogP contribution is 2.19. The quantitative estimate of drug-likeness (QED) is 0.351. The van der Waals surface area contributed by atoms with Crippen LogP contribution in [0.15, 0.2) is 18.6 Å². The van der Waals surface area contributed by atoms with E-state index in [1.807, 2.05) is 0 Å². The van der Waals surface area contributed by atoms with Crippen molar-refractivity contribution in [2.75, 3.05) is 17.3 Å². The Labute approximate surface area is 107 Å². The number of nitrogens with one attached hydrogen (secondary N) is 3. The van der Waals surface area contributed by atoms with E-state index in [9.17, 15) is 0 Å². The lowest BCUT2D eigenvalue weighted by Crippen LogP contribution is -2.15. The molecule has 0 saturated carbocycles. The Morgan fingerprint density at radius 1 is 1.37 bits per heavy atom. The molecule has 0 saturated heterocycles. The Bertz CT molecular complexity index is 657. The van der Waals surface area contributed by atoms with Crippen molar-refractivity contribution in [2.45, 2.75) is 6.54 Å². The molecule has 0 unspecified atom stereocenters. The fourth-order valence-electron chi connectivity index (χ4n) is 1.68. The van der Waals surface area contributed by atoms with Gasteiger partial charge >= 0.3 is 0 Å². The predicted molar refractivity (Wildman–Crippen MR) is 68.0 cm³/mol. The molecule has 3 aromatic rings. The highest BCUT2D eigenvalue weighted by atomic mass is 15.4. The molecule has 0 radical (unpaired) electrons. The number of anilines is 2. The van der Waals surface area contributed by atoms with Crippen LogP contribution in [0.5, 0.6) is 0 Å². The summed E-state index contributed by atoms with van der Waals surface area (Å²) in [6.07, 6.45) is 5.09. The molecule has 0 spiro atoms. The fourth-order valence-corrected chi connectivity index (χ4v) is 1.68. The van der Waals surface area contributed by atoms with Crippen LogP contribution in [0.4, 0.5) is 11.8 Å². The van der Waals surface area contributed by atoms with Crippen LogP contribution in [0.25, 0.3) is 11.0 Å². The molecule has 0 amide bonds. The average Bonchev–Trinajstić information content (AvgIpc) is 3.08. The number of hydrogen-bond donors (Lipinski definition) is 4. The molecule has 3 heterocycles. The van der Waals surface area contributed by atoms with Gasteiger partial charge < -0.3 is 5.32 Å². The van der Waals surface area contributed by atoms with Crippen LogP contribution < -0.4 is 16.6 Å². The van der Waals surface area contributed by atoms with Crippen molar-refractivity contribution in [1.82, 2.24) is 35.2 Å². The second-order valence-corrected chi connectivity index (χ2v) is 3.77. The van der Waals surface area contributed by atoms with Gasteiger partial charge in [0, 0.05) is 12.7 Å². The summed E-state index contributed by atoms with van der Waals surface area (Å²) in [4.78, 5) is 8.39. The van der Waals surface area contributed by atoms with Crippen molar-refractivity contribution in [3.63, 3.8) is 0 Å². The number of fused-ring (bicyclic) bond motifs is 1. The van der Waals surface area contributed by atoms with Crippen LogP contribution in [0.1, 0.15) is 0 Å². The Morgan fingerprint density at radius 3 is 3.11 bits per heavy atom. The van der Waals surface area contributed by atoms with Gasteiger partial charge in [-0.15, -0.1) is 5.10 Å². The number of nitrogens with zero attached hydrogens (tertiary/aromatic N) is 6. The zero-order valence-electron chi connectivity index (χ0n) is 9.91. The summed E-state index contributed by atoms with van der Waals surface area (Å²) < 4.78 is 1.73. The minimum absolute atomic E-state index is 0.319. The number of nitrogen functional groups attached to an aromatic ring is 1. The van der Waals surface area contributed by atoms with E-state index >= 15 is 0 Å². The molecule has 10 nitrogen and oxygen atoms in total. The minimum atomic E-state index is 0.319. The molecule has 3 aromatic heterocycles. The van der Waals surface area contributed by atoms with E-state index in [1.54, 1.807) is 23.3 Å². The van der Waals surface area contributed by atoms with Gasteiger partial charge in [-0.05, 0) is 0 Å². The molecule has 19 heavy (non-hydrogen) atoms. The molecule has 5 N–H and O–H groups in total. The van der Waals surface area contributed by atoms with Gasteiger partial charge in [-0.1, -0.05) is 5.21 Å². The maximum atomic E-state index is 5.32. The number of hydrazine groups is 1. The molecule has 98 valence electrons. The van der Waals surface area contributed by atoms with Gasteiger partial charge in [-0.25, -0.2) is 5.84 Å². The number of hydrogen-bond acceptors (Lipinski definition) is 8. The molecule has 10 heteroatoms. The normalized spacial score (nSPS) is 10.8. The Hall–Kier alpha value is -2.75. The van der Waals surface area contributed by atoms with Crippen LogP contribution in [-0.2, 0) is 6.54 Å². The summed E-state index contributed by atoms with van der Waals surface area (Å²) in [6, 6.07) is 0. The largest absolute Gasteiger partial charge is 0.367 e. The smallest absolute Gasteiger partial charge is 0.241 e. The van der Waals surface area contributed by atoms with Gasteiger partial charge in [0.1, 0.15) is 5.82 Å². The highest BCUT2D eigenvalue weighted by Gasteiger charge is 2.08. The number of aromatic amines is 1. The van der Waals surface area contributed by atoms with Crippen LogP contribution >= 0.6 is 0 Å². The number of nitrogens with two attached hydrogens (primary N) is 1. The van der Waals surface area contributed by atoms with Crippen LogP contribution in [0.3, 0.4) is 0 Å². The number of aromatic nitrogens is 7. The monoisotopic (exact) mass is 260 g/mol. The van der Waals surface area contributed by atoms with E-state index in [0.717, 1.165) is 5.39 Å². The topological polar surface area (TPSA) is 135 Å². The standard InChI is InChI=1S/C9H12N10/c10-16-9-14-7(6-5-13-17-8(6)15-9)11-1-3-19-4-2-12-18-19/h2,4-5H,1,3,10H2,(H3,11,13,14,15,16,17). The van der Waals surface area contributed by atoms with Gasteiger partial charge in [0.15, 0.2) is 5.65 Å². The molecule has 0 atom stereocenters. The summed E-state index contributed by atoms with van der Waals surface area (Å²) in [5, 5.41) is 18.3. The first-order chi connectivity index (χ1) is 9.36. The maximum Gasteiger partial charge on any atom is 0.241 e. The SMILES string of the molecule is NNc1nc(NCCn2ccnn2)c2cn[nH]c2n1. The fraction of sp³-hybridized carbons (Fsp3) is 0.222. The van der Waals surface area contributed by atoms with Gasteiger partial charge in [0.2, 0.25) is 5.95 Å². The van der Waals surface area contributed by atoms with E-state index in [4.69, 9.17) is 5.84 Å². The molecule has 0 aliphatic rings. The molecule has 0 fully saturated rings. The first-order valence-electron chi connectivity index (χ1n) is 5.62. The lowest BCUT2D eigenvalue weighted by atomic mass is 10.4. The van der Waals surface area contributed by atoms with Gasteiger partial charge in [0.25, 0.3) is 0 Å². The lowest BCUT2D eigenvalue weighted by Gasteiger charge is -2.07. The summed E-state index contributed by atoms with van der Waals surface area (Å²) in [7, 11) is 0. The summed E-state index contributed by atoms with van der Waals surface area (Å²) in [5.74, 6) is 6.30. The van der Waals surface area contributed by atoms with Crippen LogP contribution in [-0.4, -0.2) is 41.7 Å². The predicted octanol–water partition coefficient (Wildman–Crippen LogP) is -0.658. The molecule has 3 rings (SSSR count). The zero-order valence-corrected chi connectivity index (χ0v) is 9.91. The van der Waals surface area contributed by atoms with E-state index in [1.165, 1.54) is 0 Å². The maximum absolute atomic E-state index is 5.32. The van der Waals surface area contributed by atoms with Gasteiger partial charge in [-0.2, -0.15) is 15.1 Å². The van der Waals surface area contributed by atoms with Crippen molar-refractivity contribution in [3.8, 4) is 0 Å². The zero-order chi connectivity index (χ0) is 13.1. The third-order valence-corrected chi connectivity index (χ3v) is 2.54. The Balaban J connectivity index is 1.77. The molecular formula is C9H12N10. The van der Waals surface area contributed by atoms with Crippen molar-refractivity contribution in [3.05, 3.63) is 18.6 Å². The summed E-state index contributed by atoms with van der Waals surface area (Å²) in [6.45, 7) is 1.32. The Kier molecular flexibility index (Phi) is 2.90. The summed E-state index contributed by atoms with van der Waals surface area (Å²) >= 11 is 0. The van der Waals surface area contributed by atoms with Crippen molar-refractivity contribution >= 4 is 22.8 Å². The van der Waals surface area contributed by atoms with E-state index in [0.29, 0.717) is 30.5 Å². The second-order valence-electron chi connectivity index (χ2n) is 3.77. The third-order valence-electron chi connectivity index (χ3n) is 2.54. The van der Waals surface area contributed by atoms with Gasteiger partial charge in [-0.3, -0.25) is 15.2 Å². The highest BCUT2D eigenvalue weighted by molar-refractivity contribution is 5.86. The van der Waals surface area contributed by atoms with Crippen LogP contribution in [0.2, 0.25) is 0 Å². The second kappa shape index (κ2) is 4.86. The van der Waals surface area contributed by atoms with E-state index in [2.05, 4.69) is 41.2 Å². The lowest BCUT2D eigenvalue weighted by molar-refractivity contribution is 0.608. The molecule has 0 bridgehead atoms. The van der Waals surface area contributed by atoms with E-state index in [-0.39, 0.29) is 0 Å². The van der Waals surface area contributed by atoms with Crippen molar-refractivity contribution in [2.24, 2.45) is 5.84 Å². The Morgan fingerprint density at radius 2 is 2.32 bits per heavy atom. The van der Waals surface area contributed by atoms with Gasteiger partial charge in [0.05, 0.1) is 24.3 Å². The first kappa shape index (κ1) is 11.3. The number of H-pyrrole nitrogens is 1. The minimum Gasteiger partial charge on any atom is -0.367 e. The summed E-state index contributed by atoms with van der Waals surface area (Å²) in [5.41, 5.74) is 3.03. The molecule has 0 aliphatic carbocycles.